The number of halogens is 6. The lowest BCUT2D eigenvalue weighted by molar-refractivity contribution is -0.158. The van der Waals surface area contributed by atoms with Gasteiger partial charge in [0.05, 0.1) is 64.1 Å². The molecule has 0 spiro atoms. The molecule has 3 amide bonds. The van der Waals surface area contributed by atoms with E-state index in [-0.39, 0.29) is 92.0 Å². The molecule has 4 heterocycles. The van der Waals surface area contributed by atoms with Crippen LogP contribution in [0.3, 0.4) is 0 Å². The van der Waals surface area contributed by atoms with E-state index in [0.29, 0.717) is 38.6 Å². The maximum Gasteiger partial charge on any atom is 0.351 e. The largest absolute Gasteiger partial charge is 0.479 e. The number of aromatic carboxylic acids is 1. The summed E-state index contributed by atoms with van der Waals surface area (Å²) in [5.74, 6) is -5.67. The Bertz CT molecular complexity index is 5310. The molecule has 4 fully saturated rings. The summed E-state index contributed by atoms with van der Waals surface area (Å²) in [6, 6.07) is 31.8. The molecular weight excluding hydrogens is 2070 g/mol. The highest BCUT2D eigenvalue weighted by Gasteiger charge is 2.35. The number of anilines is 4. The summed E-state index contributed by atoms with van der Waals surface area (Å²) < 4.78 is 49.4. The second-order valence-corrected chi connectivity index (χ2v) is 40.9. The van der Waals surface area contributed by atoms with E-state index in [1.807, 2.05) is 99.6 Å². The molecule has 4 aromatic heterocycles. The van der Waals surface area contributed by atoms with Crippen molar-refractivity contribution in [3.63, 3.8) is 0 Å². The highest BCUT2D eigenvalue weighted by atomic mass is 79.9. The van der Waals surface area contributed by atoms with Gasteiger partial charge in [0.2, 0.25) is 17.7 Å². The molecule has 0 saturated heterocycles. The van der Waals surface area contributed by atoms with Crippen LogP contribution in [0.2, 0.25) is 0 Å². The molecule has 710 valence electrons. The number of rotatable bonds is 28. The van der Waals surface area contributed by atoms with Crippen molar-refractivity contribution >= 4 is 220 Å². The number of nitrogens with one attached hydrogen (secondary N) is 1. The molecule has 0 aliphatic heterocycles. The first-order valence-corrected chi connectivity index (χ1v) is 50.1. The van der Waals surface area contributed by atoms with Crippen LogP contribution in [-0.2, 0) is 57.2 Å². The fraction of sp³-hybridized carbons (Fsp3) is 0.457. The minimum Gasteiger partial charge on any atom is -0.479 e. The van der Waals surface area contributed by atoms with E-state index in [1.54, 1.807) is 62.3 Å². The van der Waals surface area contributed by atoms with Crippen molar-refractivity contribution in [1.29, 1.82) is 0 Å². The van der Waals surface area contributed by atoms with Crippen LogP contribution in [0.15, 0.2) is 115 Å². The second-order valence-electron chi connectivity index (χ2n) is 32.9. The van der Waals surface area contributed by atoms with Crippen molar-refractivity contribution in [3.05, 3.63) is 134 Å². The number of alkyl halides is 2. The van der Waals surface area contributed by atoms with E-state index in [0.717, 1.165) is 154 Å². The summed E-state index contributed by atoms with van der Waals surface area (Å²) >= 11 is 28.1. The Kier molecular flexibility index (Phi) is 42.5. The number of nitrogens with zero attached hydrogens (tertiary/aromatic N) is 3. The highest BCUT2D eigenvalue weighted by Crippen LogP contribution is 2.52. The zero-order valence-corrected chi connectivity index (χ0v) is 86.1. The van der Waals surface area contributed by atoms with Gasteiger partial charge in [-0.2, -0.15) is 0 Å². The average Bonchev–Trinajstić information content (AvgIpc) is 1.67. The van der Waals surface area contributed by atoms with Crippen LogP contribution in [0, 0.1) is 0 Å². The fourth-order valence-corrected chi connectivity index (χ4v) is 23.3. The molecule has 12 rings (SSSR count). The minimum atomic E-state index is -1.20. The monoisotopic (exact) mass is 2180 g/mol. The van der Waals surface area contributed by atoms with E-state index in [4.69, 9.17) is 76.0 Å². The predicted molar refractivity (Wildman–Crippen MR) is 527 cm³/mol. The van der Waals surface area contributed by atoms with Gasteiger partial charge in [-0.15, -0.1) is 68.5 Å². The summed E-state index contributed by atoms with van der Waals surface area (Å²) in [6.45, 7) is 13.5. The molecule has 4 saturated carbocycles. The Morgan fingerprint density at radius 2 is 0.649 bits per heavy atom. The van der Waals surface area contributed by atoms with Gasteiger partial charge in [-0.1, -0.05) is 126 Å². The number of thiophene rings is 4. The third kappa shape index (κ3) is 31.2. The molecule has 0 bridgehead atoms. The summed E-state index contributed by atoms with van der Waals surface area (Å²) in [6.07, 6.45) is 22.3. The third-order valence-corrected chi connectivity index (χ3v) is 29.7. The van der Waals surface area contributed by atoms with Crippen molar-refractivity contribution in [2.45, 2.75) is 226 Å². The zero-order valence-electron chi connectivity index (χ0n) is 75.0. The van der Waals surface area contributed by atoms with Crippen molar-refractivity contribution in [2.24, 2.45) is 0 Å². The van der Waals surface area contributed by atoms with Crippen LogP contribution in [0.5, 0.6) is 23.0 Å². The standard InChI is InChI=1S/C26H32BrNO6S.C24H30BrNO5S.C22H24BrNO6S.C21H22BrNO6S.CH2Cl2/c1-16(29)28(18-11-7-6-8-12-18)19-13-9-10-17(14-19)23-21(27)22(24(35-23)25(31)32-5)33-15-20(30)34-26(2,3)4;1-24(2,3)31-18(27)14-30-20-19(25)21(32-22(20)23(28)29-4)15-9-8-12-17(13-15)26-16-10-6-5-7-11-16;1-13(25)24(15-8-4-3-5-9-15)16-10-6-7-14(11-16)20-18(23)19(30-12-17(26)27)21(31-20)22(28)29-2;1-12(24)23(14-7-3-2-4-8-14)15-9-5-6-13(10-15)19-17(22)18(29-11-16(25)26)20(30-19)21(27)28;2-1-3/h9-10,13-14,18H,6-8,11-12,15H2,1-5H3;8-9,12-13,16,26H,5-7,10-11,14H2,1-4H3;6-7,10-11,15H,3-5,8-9,12H2,1-2H3,(H,26,27);5-6,9-10,14H,2-4,7-8,11H2,1H3,(H,25,26)(H,27,28);1H2. The van der Waals surface area contributed by atoms with E-state index in [1.165, 1.54) is 95.4 Å². The number of carboxylic acids is 3. The molecule has 4 aromatic carbocycles. The van der Waals surface area contributed by atoms with Gasteiger partial charge in [-0.3, -0.25) is 14.4 Å². The number of amides is 3. The maximum atomic E-state index is 12.6. The molecule has 4 N–H and O–H groups in total. The molecule has 37 heteroatoms. The average molecular weight is 2180 g/mol. The van der Waals surface area contributed by atoms with Gasteiger partial charge in [0.1, 0.15) is 11.2 Å². The lowest BCUT2D eigenvalue weighted by Gasteiger charge is -2.34. The maximum absolute atomic E-state index is 12.6. The molecule has 8 aromatic rings. The summed E-state index contributed by atoms with van der Waals surface area (Å²) in [4.78, 5) is 141. The van der Waals surface area contributed by atoms with E-state index in [9.17, 15) is 57.8 Å². The number of hydrogen-bond acceptors (Lipinski definition) is 25. The minimum absolute atomic E-state index is 0.00461. The normalized spacial score (nSPS) is 14.2. The number of carboxylic acid groups (broad SMARTS) is 3. The van der Waals surface area contributed by atoms with Gasteiger partial charge in [0, 0.05) is 67.7 Å². The van der Waals surface area contributed by atoms with Crippen LogP contribution in [-0.4, -0.2) is 169 Å². The van der Waals surface area contributed by atoms with Crippen LogP contribution >= 0.6 is 132 Å². The molecular formula is C94H110Br4Cl2N4O23S4. The van der Waals surface area contributed by atoms with Gasteiger partial charge in [-0.05, 0) is 227 Å². The van der Waals surface area contributed by atoms with Gasteiger partial charge < -0.3 is 78.0 Å². The van der Waals surface area contributed by atoms with E-state index >= 15 is 0 Å². The number of ether oxygens (including phenoxy) is 9. The predicted octanol–water partition coefficient (Wildman–Crippen LogP) is 24.4. The van der Waals surface area contributed by atoms with Crippen molar-refractivity contribution in [2.75, 3.05) is 73.1 Å². The summed E-state index contributed by atoms with van der Waals surface area (Å²) in [5, 5.41) is 31.2. The second kappa shape index (κ2) is 51.7. The number of methoxy groups -OCH3 is 3. The highest BCUT2D eigenvalue weighted by molar-refractivity contribution is 9.11. The SMILES string of the molecule is CC(=O)N(c1cccc(-c2sc(C(=O)O)c(OCC(=O)O)c2Br)c1)C1CCCCC1.COC(=O)c1sc(-c2cccc(N(C(C)=O)C3CCCCC3)c2)c(Br)c1OCC(=O)O.COC(=O)c1sc(-c2cccc(N(C(C)=O)C3CCCCC3)c2)c(Br)c1OCC(=O)OC(C)(C)C.COC(=O)c1sc(-c2cccc(NC3CCCCC3)c2)c(Br)c1OCC(=O)OC(C)(C)C.ClCCl. The summed E-state index contributed by atoms with van der Waals surface area (Å²) in [5.41, 5.74) is 5.42. The quantitative estimate of drug-likeness (QED) is 0.0201. The zero-order chi connectivity index (χ0) is 96.1. The van der Waals surface area contributed by atoms with E-state index in [2.05, 4.69) is 81.2 Å². The molecule has 4 aliphatic rings. The van der Waals surface area contributed by atoms with Gasteiger partial charge in [-0.25, -0.2) is 38.4 Å². The molecule has 131 heavy (non-hydrogen) atoms. The van der Waals surface area contributed by atoms with Crippen LogP contribution in [0.1, 0.15) is 229 Å². The Balaban J connectivity index is 0.000000213. The first-order valence-electron chi connectivity index (χ1n) is 42.6. The topological polar surface area (TPSA) is 353 Å². The fourth-order valence-electron chi connectivity index (χ4n) is 15.5. The number of esters is 5. The molecule has 4 aliphatic carbocycles. The molecule has 0 atom stereocenters. The number of benzene rings is 4. The van der Waals surface area contributed by atoms with Crippen molar-refractivity contribution < 1.29 is 111 Å². The Hall–Kier alpha value is -8.65. The third-order valence-electron chi connectivity index (χ3n) is 20.8. The van der Waals surface area contributed by atoms with Gasteiger partial charge in [0.25, 0.3) is 0 Å². The lowest BCUT2D eigenvalue weighted by atomic mass is 9.93. The Morgan fingerprint density at radius 1 is 0.389 bits per heavy atom. The lowest BCUT2D eigenvalue weighted by Crippen LogP contribution is -2.40. The molecule has 27 nitrogen and oxygen atoms in total. The van der Waals surface area contributed by atoms with Gasteiger partial charge in [0.15, 0.2) is 68.9 Å². The first-order chi connectivity index (χ1) is 62.2. The molecule has 0 radical (unpaired) electrons. The van der Waals surface area contributed by atoms with Crippen LogP contribution < -0.4 is 39.0 Å². The van der Waals surface area contributed by atoms with Crippen LogP contribution in [0.25, 0.3) is 41.8 Å². The number of carbonyl (C=O) groups excluding carboxylic acids is 8. The Labute approximate surface area is 822 Å². The number of aliphatic carboxylic acids is 2. The van der Waals surface area contributed by atoms with Crippen LogP contribution in [0.4, 0.5) is 22.7 Å². The molecule has 0 unspecified atom stereocenters. The smallest absolute Gasteiger partial charge is 0.351 e. The number of carbonyl (C=O) groups is 11. The summed E-state index contributed by atoms with van der Waals surface area (Å²) in [7, 11) is 3.87. The Morgan fingerprint density at radius 3 is 0.916 bits per heavy atom. The number of hydrogen-bond donors (Lipinski definition) is 4. The van der Waals surface area contributed by atoms with Crippen molar-refractivity contribution in [3.8, 4) is 64.8 Å². The van der Waals surface area contributed by atoms with E-state index < -0.39 is 72.2 Å². The first kappa shape index (κ1) is 108. The van der Waals surface area contributed by atoms with Crippen molar-refractivity contribution in [1.82, 2.24) is 0 Å². The van der Waals surface area contributed by atoms with Gasteiger partial charge >= 0.3 is 47.8 Å².